The minimum Gasteiger partial charge on any atom is -0.494 e. The zero-order valence-corrected chi connectivity index (χ0v) is 18.8. The molecule has 2 aromatic carbocycles. The first kappa shape index (κ1) is 21.5. The Balaban J connectivity index is 1.71. The van der Waals surface area contributed by atoms with Crippen LogP contribution in [0.1, 0.15) is 30.2 Å². The number of hydrogen-bond donors (Lipinski definition) is 0. The van der Waals surface area contributed by atoms with E-state index >= 15 is 0 Å². The van der Waals surface area contributed by atoms with Gasteiger partial charge in [0.25, 0.3) is 11.1 Å². The van der Waals surface area contributed by atoms with Gasteiger partial charge in [0, 0.05) is 22.0 Å². The Morgan fingerprint density at radius 2 is 1.81 bits per heavy atom. The maximum atomic E-state index is 12.9. The number of thiazole rings is 1. The van der Waals surface area contributed by atoms with Crippen molar-refractivity contribution < 1.29 is 4.74 Å². The van der Waals surface area contributed by atoms with Crippen LogP contribution in [0.5, 0.6) is 5.75 Å². The number of rotatable bonds is 6. The summed E-state index contributed by atoms with van der Waals surface area (Å²) in [5.74, 6) is 0.766. The summed E-state index contributed by atoms with van der Waals surface area (Å²) in [6.07, 6.45) is 2.77. The largest absolute Gasteiger partial charge is 0.494 e. The predicted octanol–water partition coefficient (Wildman–Crippen LogP) is 3.75. The predicted molar refractivity (Wildman–Crippen MR) is 124 cm³/mol. The molecule has 0 spiro atoms. The fourth-order valence-electron chi connectivity index (χ4n) is 2.95. The number of hydrogen-bond acceptors (Lipinski definition) is 6. The van der Waals surface area contributed by atoms with Gasteiger partial charge in [-0.2, -0.15) is 14.6 Å². The standard InChI is InChI=1S/C22H17Cl2N3O3S/c1-2-10-30-14-8-6-13(7-9-14)11-18-20(28)25-22-27(26-18)21(29)19(31-22)12-15-16(23)4-3-5-17(15)24/h3-9,12H,2,10-11H2,1H3/b19-12+. The monoisotopic (exact) mass is 473 g/mol. The molecule has 2 heterocycles. The van der Waals surface area contributed by atoms with Crippen molar-refractivity contribution in [3.8, 4) is 5.75 Å². The molecule has 0 N–H and O–H groups in total. The summed E-state index contributed by atoms with van der Waals surface area (Å²) in [6, 6.07) is 12.5. The Morgan fingerprint density at radius 3 is 2.48 bits per heavy atom. The summed E-state index contributed by atoms with van der Waals surface area (Å²) in [7, 11) is 0. The number of benzene rings is 2. The summed E-state index contributed by atoms with van der Waals surface area (Å²) in [4.78, 5) is 29.6. The molecule has 0 saturated heterocycles. The number of fused-ring (bicyclic) bond motifs is 1. The molecule has 0 saturated carbocycles. The zero-order chi connectivity index (χ0) is 22.0. The lowest BCUT2D eigenvalue weighted by Gasteiger charge is -2.05. The molecule has 0 aliphatic carbocycles. The molecule has 4 aromatic rings. The van der Waals surface area contributed by atoms with E-state index < -0.39 is 5.56 Å². The minimum atomic E-state index is -0.463. The fraction of sp³-hybridized carbons (Fsp3) is 0.182. The fourth-order valence-corrected chi connectivity index (χ4v) is 4.34. The SMILES string of the molecule is CCCOc1ccc(Cc2nn3c(=O)/c(=C\c4c(Cl)cccc4Cl)sc3nc2=O)cc1. The number of aromatic nitrogens is 3. The van der Waals surface area contributed by atoms with Crippen molar-refractivity contribution in [1.82, 2.24) is 14.6 Å². The molecule has 4 rings (SSSR count). The highest BCUT2D eigenvalue weighted by atomic mass is 35.5. The molecule has 0 fully saturated rings. The molecule has 0 aliphatic rings. The van der Waals surface area contributed by atoms with Gasteiger partial charge in [-0.25, -0.2) is 0 Å². The van der Waals surface area contributed by atoms with E-state index in [1.54, 1.807) is 24.3 Å². The average molecular weight is 474 g/mol. The Labute approximate surface area is 191 Å². The van der Waals surface area contributed by atoms with Gasteiger partial charge in [-0.3, -0.25) is 9.59 Å². The van der Waals surface area contributed by atoms with E-state index in [1.165, 1.54) is 0 Å². The lowest BCUT2D eigenvalue weighted by Crippen LogP contribution is -2.28. The van der Waals surface area contributed by atoms with Gasteiger partial charge in [-0.15, -0.1) is 0 Å². The Hall–Kier alpha value is -2.74. The Kier molecular flexibility index (Phi) is 6.36. The average Bonchev–Trinajstić information content (AvgIpc) is 3.05. The molecule has 6 nitrogen and oxygen atoms in total. The van der Waals surface area contributed by atoms with E-state index in [2.05, 4.69) is 10.1 Å². The maximum Gasteiger partial charge on any atom is 0.296 e. The van der Waals surface area contributed by atoms with E-state index in [0.717, 1.165) is 33.6 Å². The first-order chi connectivity index (χ1) is 15.0. The van der Waals surface area contributed by atoms with Gasteiger partial charge < -0.3 is 4.74 Å². The summed E-state index contributed by atoms with van der Waals surface area (Å²) < 4.78 is 7.06. The van der Waals surface area contributed by atoms with Gasteiger partial charge in [-0.1, -0.05) is 59.7 Å². The van der Waals surface area contributed by atoms with Crippen LogP contribution in [0.15, 0.2) is 52.1 Å². The summed E-state index contributed by atoms with van der Waals surface area (Å²) in [5, 5.41) is 5.12. The summed E-state index contributed by atoms with van der Waals surface area (Å²) in [5.41, 5.74) is 0.746. The summed E-state index contributed by atoms with van der Waals surface area (Å²) >= 11 is 13.5. The van der Waals surface area contributed by atoms with Gasteiger partial charge in [0.1, 0.15) is 11.4 Å². The number of nitrogens with zero attached hydrogens (tertiary/aromatic N) is 3. The molecule has 2 aromatic heterocycles. The lowest BCUT2D eigenvalue weighted by atomic mass is 10.1. The highest BCUT2D eigenvalue weighted by Gasteiger charge is 2.13. The molecule has 0 atom stereocenters. The second kappa shape index (κ2) is 9.18. The van der Waals surface area contributed by atoms with Crippen LogP contribution in [0, 0.1) is 0 Å². The van der Waals surface area contributed by atoms with Gasteiger partial charge in [0.2, 0.25) is 4.96 Å². The van der Waals surface area contributed by atoms with Crippen molar-refractivity contribution in [3.05, 3.63) is 94.6 Å². The first-order valence-electron chi connectivity index (χ1n) is 9.56. The van der Waals surface area contributed by atoms with E-state index in [1.807, 2.05) is 31.2 Å². The van der Waals surface area contributed by atoms with Crippen molar-refractivity contribution in [1.29, 1.82) is 0 Å². The third-order valence-electron chi connectivity index (χ3n) is 4.49. The van der Waals surface area contributed by atoms with Crippen LogP contribution in [0.3, 0.4) is 0 Å². The van der Waals surface area contributed by atoms with Gasteiger partial charge >= 0.3 is 0 Å². The van der Waals surface area contributed by atoms with Crippen molar-refractivity contribution in [2.75, 3.05) is 6.61 Å². The minimum absolute atomic E-state index is 0.192. The molecule has 0 radical (unpaired) electrons. The Bertz CT molecular complexity index is 1390. The number of ether oxygens (including phenoxy) is 1. The molecule has 0 aliphatic heterocycles. The van der Waals surface area contributed by atoms with Crippen LogP contribution in [0.25, 0.3) is 11.0 Å². The van der Waals surface area contributed by atoms with E-state index in [4.69, 9.17) is 27.9 Å². The van der Waals surface area contributed by atoms with Crippen LogP contribution < -0.4 is 20.4 Å². The molecular weight excluding hydrogens is 457 g/mol. The third kappa shape index (κ3) is 4.63. The van der Waals surface area contributed by atoms with Crippen LogP contribution in [-0.2, 0) is 6.42 Å². The van der Waals surface area contributed by atoms with Crippen molar-refractivity contribution in [2.24, 2.45) is 0 Å². The van der Waals surface area contributed by atoms with Crippen LogP contribution in [0.2, 0.25) is 10.0 Å². The van der Waals surface area contributed by atoms with Crippen molar-refractivity contribution in [3.63, 3.8) is 0 Å². The summed E-state index contributed by atoms with van der Waals surface area (Å²) in [6.45, 7) is 2.68. The van der Waals surface area contributed by atoms with Gasteiger partial charge in [0.05, 0.1) is 11.1 Å². The molecular formula is C22H17Cl2N3O3S. The van der Waals surface area contributed by atoms with E-state index in [-0.39, 0.29) is 22.6 Å². The van der Waals surface area contributed by atoms with Gasteiger partial charge in [0.15, 0.2) is 0 Å². The van der Waals surface area contributed by atoms with Crippen LogP contribution in [0.4, 0.5) is 0 Å². The topological polar surface area (TPSA) is 73.6 Å². The van der Waals surface area contributed by atoms with E-state index in [9.17, 15) is 9.59 Å². The molecule has 0 unspecified atom stereocenters. The second-order valence-electron chi connectivity index (χ2n) is 6.78. The molecule has 0 bridgehead atoms. The smallest absolute Gasteiger partial charge is 0.296 e. The first-order valence-corrected chi connectivity index (χ1v) is 11.1. The molecule has 0 amide bonds. The Morgan fingerprint density at radius 1 is 1.10 bits per heavy atom. The van der Waals surface area contributed by atoms with Crippen molar-refractivity contribution in [2.45, 2.75) is 19.8 Å². The maximum absolute atomic E-state index is 12.9. The highest BCUT2D eigenvalue weighted by Crippen LogP contribution is 2.24. The number of halogens is 2. The van der Waals surface area contributed by atoms with Gasteiger partial charge in [-0.05, 0) is 42.3 Å². The quantitative estimate of drug-likeness (QED) is 0.426. The lowest BCUT2D eigenvalue weighted by molar-refractivity contribution is 0.317. The zero-order valence-electron chi connectivity index (χ0n) is 16.5. The molecule has 158 valence electrons. The normalized spacial score (nSPS) is 11.9. The van der Waals surface area contributed by atoms with Crippen LogP contribution >= 0.6 is 34.5 Å². The second-order valence-corrected chi connectivity index (χ2v) is 8.60. The van der Waals surface area contributed by atoms with Crippen LogP contribution in [-0.4, -0.2) is 21.2 Å². The highest BCUT2D eigenvalue weighted by molar-refractivity contribution is 7.15. The molecule has 9 heteroatoms. The van der Waals surface area contributed by atoms with E-state index in [0.29, 0.717) is 26.7 Å². The third-order valence-corrected chi connectivity index (χ3v) is 6.11. The molecule has 31 heavy (non-hydrogen) atoms. The van der Waals surface area contributed by atoms with Crippen molar-refractivity contribution >= 4 is 45.6 Å².